The molecule has 116 valence electrons. The van der Waals surface area contributed by atoms with Gasteiger partial charge in [-0.3, -0.25) is 4.79 Å². The highest BCUT2D eigenvalue weighted by atomic mass is 35.5. The highest BCUT2D eigenvalue weighted by molar-refractivity contribution is 6.75. The molecule has 0 bridgehead atoms. The van der Waals surface area contributed by atoms with Gasteiger partial charge in [0.1, 0.15) is 6.29 Å². The van der Waals surface area contributed by atoms with Crippen LogP contribution in [0.5, 0.6) is 0 Å². The average molecular weight is 378 g/mol. The van der Waals surface area contributed by atoms with E-state index < -0.39 is 10.1 Å². The van der Waals surface area contributed by atoms with Crippen LogP contribution in [0.1, 0.15) is 17.0 Å². The molecule has 1 unspecified atom stereocenters. The summed E-state index contributed by atoms with van der Waals surface area (Å²) >= 11 is 20.6. The lowest BCUT2D eigenvalue weighted by molar-refractivity contribution is -0.110. The Hall–Kier alpha value is -1.06. The van der Waals surface area contributed by atoms with Gasteiger partial charge in [-0.15, -0.1) is 0 Å². The Morgan fingerprint density at radius 1 is 0.955 bits per heavy atom. The van der Waals surface area contributed by atoms with Crippen molar-refractivity contribution in [3.8, 4) is 0 Å². The van der Waals surface area contributed by atoms with E-state index in [9.17, 15) is 9.59 Å². The second-order valence-electron chi connectivity index (χ2n) is 4.15. The van der Waals surface area contributed by atoms with Crippen LogP contribution in [0.25, 0.3) is 0 Å². The highest BCUT2D eigenvalue weighted by Crippen LogP contribution is 2.28. The quantitative estimate of drug-likeness (QED) is 0.415. The SMILES string of the molecule is O=C(Cl)C(Cl)Cl.O=CC(c1ccccc1)c1ccccc1Cl. The largest absolute Gasteiger partial charge is 0.302 e. The van der Waals surface area contributed by atoms with Crippen LogP contribution in [0.15, 0.2) is 54.6 Å². The van der Waals surface area contributed by atoms with E-state index >= 15 is 0 Å². The first-order chi connectivity index (χ1) is 10.5. The van der Waals surface area contributed by atoms with Crippen LogP contribution in [0.3, 0.4) is 0 Å². The Morgan fingerprint density at radius 3 is 1.91 bits per heavy atom. The normalized spacial score (nSPS) is 11.3. The average Bonchev–Trinajstić information content (AvgIpc) is 2.51. The van der Waals surface area contributed by atoms with Gasteiger partial charge in [-0.25, -0.2) is 0 Å². The molecule has 2 rings (SSSR count). The third-order valence-electron chi connectivity index (χ3n) is 2.71. The van der Waals surface area contributed by atoms with Crippen LogP contribution in [0.2, 0.25) is 5.02 Å². The van der Waals surface area contributed by atoms with Crippen LogP contribution >= 0.6 is 46.4 Å². The Balaban J connectivity index is 0.000000346. The molecule has 22 heavy (non-hydrogen) atoms. The van der Waals surface area contributed by atoms with Gasteiger partial charge < -0.3 is 4.79 Å². The van der Waals surface area contributed by atoms with E-state index in [0.717, 1.165) is 17.4 Å². The maximum atomic E-state index is 11.2. The summed E-state index contributed by atoms with van der Waals surface area (Å²) < 4.78 is 0. The molecule has 0 fully saturated rings. The third-order valence-corrected chi connectivity index (χ3v) is 3.89. The number of halogens is 4. The third kappa shape index (κ3) is 5.98. The first kappa shape index (κ1) is 19.0. The topological polar surface area (TPSA) is 34.1 Å². The van der Waals surface area contributed by atoms with Gasteiger partial charge >= 0.3 is 0 Å². The number of aldehydes is 1. The number of hydrogen-bond acceptors (Lipinski definition) is 2. The second-order valence-corrected chi connectivity index (χ2v) is 6.03. The second kappa shape index (κ2) is 9.86. The fraction of sp³-hybridized carbons (Fsp3) is 0.125. The Bertz CT molecular complexity index is 615. The molecule has 0 N–H and O–H groups in total. The number of benzene rings is 2. The predicted octanol–water partition coefficient (Wildman–Crippen LogP) is 5.23. The zero-order valence-corrected chi connectivity index (χ0v) is 14.3. The molecule has 0 saturated heterocycles. The predicted molar refractivity (Wildman–Crippen MR) is 92.2 cm³/mol. The Labute approximate surface area is 148 Å². The van der Waals surface area contributed by atoms with E-state index in [1.165, 1.54) is 0 Å². The molecule has 0 aliphatic rings. The van der Waals surface area contributed by atoms with Gasteiger partial charge in [-0.1, -0.05) is 83.3 Å². The Kier molecular flexibility index (Phi) is 8.51. The maximum Gasteiger partial charge on any atom is 0.254 e. The van der Waals surface area contributed by atoms with E-state index in [4.69, 9.17) is 46.4 Å². The van der Waals surface area contributed by atoms with Crippen LogP contribution in [0.4, 0.5) is 0 Å². The molecule has 0 spiro atoms. The van der Waals surface area contributed by atoms with Gasteiger partial charge in [0.15, 0.2) is 4.84 Å². The van der Waals surface area contributed by atoms with Crippen LogP contribution < -0.4 is 0 Å². The molecule has 0 saturated carbocycles. The molecule has 1 atom stereocenters. The summed E-state index contributed by atoms with van der Waals surface area (Å²) in [6.07, 6.45) is 0.927. The van der Waals surface area contributed by atoms with E-state index in [2.05, 4.69) is 0 Å². The van der Waals surface area contributed by atoms with Crippen molar-refractivity contribution in [2.24, 2.45) is 0 Å². The van der Waals surface area contributed by atoms with Crippen molar-refractivity contribution < 1.29 is 9.59 Å². The smallest absolute Gasteiger partial charge is 0.254 e. The van der Waals surface area contributed by atoms with Crippen molar-refractivity contribution in [3.63, 3.8) is 0 Å². The molecule has 0 aromatic heterocycles. The Morgan fingerprint density at radius 2 is 1.45 bits per heavy atom. The van der Waals surface area contributed by atoms with Gasteiger partial charge in [-0.05, 0) is 28.8 Å². The minimum atomic E-state index is -1.08. The van der Waals surface area contributed by atoms with E-state index in [-0.39, 0.29) is 5.92 Å². The van der Waals surface area contributed by atoms with Crippen LogP contribution in [0, 0.1) is 0 Å². The molecule has 0 aliphatic heterocycles. The zero-order chi connectivity index (χ0) is 16.5. The molecule has 0 radical (unpaired) electrons. The van der Waals surface area contributed by atoms with E-state index in [0.29, 0.717) is 5.02 Å². The minimum absolute atomic E-state index is 0.283. The highest BCUT2D eigenvalue weighted by Gasteiger charge is 2.15. The van der Waals surface area contributed by atoms with Crippen molar-refractivity contribution in [2.45, 2.75) is 10.8 Å². The molecule has 2 nitrogen and oxygen atoms in total. The molecule has 0 aliphatic carbocycles. The van der Waals surface area contributed by atoms with Crippen molar-refractivity contribution in [2.75, 3.05) is 0 Å². The summed E-state index contributed by atoms with van der Waals surface area (Å²) in [6.45, 7) is 0. The first-order valence-electron chi connectivity index (χ1n) is 6.19. The molecule has 6 heteroatoms. The number of carbonyl (C=O) groups is 2. The number of carbonyl (C=O) groups excluding carboxylic acids is 2. The summed E-state index contributed by atoms with van der Waals surface area (Å²) in [5.41, 5.74) is 1.82. The number of rotatable bonds is 4. The lowest BCUT2D eigenvalue weighted by atomic mass is 9.93. The standard InChI is InChI=1S/C14H11ClO.C2HCl3O/c15-14-9-5-4-8-12(14)13(10-16)11-6-2-1-3-7-11;3-1(4)2(5)6/h1-10,13H;1H. The van der Waals surface area contributed by atoms with E-state index in [1.54, 1.807) is 6.07 Å². The summed E-state index contributed by atoms with van der Waals surface area (Å²) in [7, 11) is 0. The lowest BCUT2D eigenvalue weighted by Crippen LogP contribution is -2.02. The molecule has 0 amide bonds. The van der Waals surface area contributed by atoms with Crippen molar-refractivity contribution in [3.05, 3.63) is 70.7 Å². The molecule has 2 aromatic rings. The number of alkyl halides is 2. The fourth-order valence-corrected chi connectivity index (χ4v) is 1.97. The monoisotopic (exact) mass is 376 g/mol. The van der Waals surface area contributed by atoms with Gasteiger partial charge in [0.25, 0.3) is 5.24 Å². The minimum Gasteiger partial charge on any atom is -0.302 e. The van der Waals surface area contributed by atoms with E-state index in [1.807, 2.05) is 48.5 Å². The zero-order valence-electron chi connectivity index (χ0n) is 11.3. The van der Waals surface area contributed by atoms with Gasteiger partial charge in [0, 0.05) is 5.02 Å². The van der Waals surface area contributed by atoms with Crippen molar-refractivity contribution in [1.29, 1.82) is 0 Å². The maximum absolute atomic E-state index is 11.2. The van der Waals surface area contributed by atoms with Crippen LogP contribution in [-0.2, 0) is 9.59 Å². The molecular formula is C16H12Cl4O2. The lowest BCUT2D eigenvalue weighted by Gasteiger charge is -2.12. The first-order valence-corrected chi connectivity index (χ1v) is 7.82. The summed E-state index contributed by atoms with van der Waals surface area (Å²) in [5.74, 6) is -0.283. The molecule has 0 heterocycles. The number of hydrogen-bond donors (Lipinski definition) is 0. The van der Waals surface area contributed by atoms with Crippen molar-refractivity contribution in [1.82, 2.24) is 0 Å². The van der Waals surface area contributed by atoms with Gasteiger partial charge in [0.2, 0.25) is 0 Å². The molecular weight excluding hydrogens is 366 g/mol. The van der Waals surface area contributed by atoms with Gasteiger partial charge in [-0.2, -0.15) is 0 Å². The molecule has 2 aromatic carbocycles. The fourth-order valence-electron chi connectivity index (χ4n) is 1.72. The summed E-state index contributed by atoms with van der Waals surface area (Å²) in [5, 5.41) is -0.109. The van der Waals surface area contributed by atoms with Crippen molar-refractivity contribution >= 4 is 57.9 Å². The van der Waals surface area contributed by atoms with Crippen LogP contribution in [-0.4, -0.2) is 16.4 Å². The van der Waals surface area contributed by atoms with Gasteiger partial charge in [0.05, 0.1) is 5.92 Å². The summed E-state index contributed by atoms with van der Waals surface area (Å²) in [4.78, 5) is 19.8. The summed E-state index contributed by atoms with van der Waals surface area (Å²) in [6, 6.07) is 17.1.